The average molecular weight is 275 g/mol. The minimum absolute atomic E-state index is 0.00921. The van der Waals surface area contributed by atoms with Crippen LogP contribution in [0.2, 0.25) is 0 Å². The number of para-hydroxylation sites is 1. The second kappa shape index (κ2) is 7.07. The average Bonchev–Trinajstić information content (AvgIpc) is 2.88. The summed E-state index contributed by atoms with van der Waals surface area (Å²) in [6, 6.07) is 8.01. The Morgan fingerprint density at radius 3 is 2.75 bits per heavy atom. The van der Waals surface area contributed by atoms with Gasteiger partial charge in [0, 0.05) is 25.9 Å². The molecule has 20 heavy (non-hydrogen) atoms. The van der Waals surface area contributed by atoms with Gasteiger partial charge in [-0.15, -0.1) is 0 Å². The molecule has 2 rings (SSSR count). The number of nitrogens with zero attached hydrogens (tertiary/aromatic N) is 2. The maximum atomic E-state index is 5.79. The van der Waals surface area contributed by atoms with Crippen LogP contribution in [0.15, 0.2) is 36.8 Å². The van der Waals surface area contributed by atoms with Gasteiger partial charge in [0.1, 0.15) is 12.4 Å². The van der Waals surface area contributed by atoms with Gasteiger partial charge in [-0.25, -0.2) is 4.98 Å². The minimum Gasteiger partial charge on any atom is -0.491 e. The van der Waals surface area contributed by atoms with E-state index in [1.165, 1.54) is 0 Å². The van der Waals surface area contributed by atoms with Gasteiger partial charge < -0.3 is 19.4 Å². The van der Waals surface area contributed by atoms with E-state index in [-0.39, 0.29) is 6.04 Å². The predicted molar refractivity (Wildman–Crippen MR) is 77.9 cm³/mol. The third-order valence-electron chi connectivity index (χ3n) is 3.08. The van der Waals surface area contributed by atoms with Gasteiger partial charge in [0.25, 0.3) is 0 Å². The van der Waals surface area contributed by atoms with E-state index >= 15 is 0 Å². The van der Waals surface area contributed by atoms with Gasteiger partial charge >= 0.3 is 0 Å². The lowest BCUT2D eigenvalue weighted by molar-refractivity contribution is 0.145. The summed E-state index contributed by atoms with van der Waals surface area (Å²) >= 11 is 0. The highest BCUT2D eigenvalue weighted by Crippen LogP contribution is 2.28. The Morgan fingerprint density at radius 1 is 1.30 bits per heavy atom. The lowest BCUT2D eigenvalue weighted by Crippen LogP contribution is -2.19. The summed E-state index contributed by atoms with van der Waals surface area (Å²) in [6.45, 7) is 1.11. The number of hydrogen-bond donors (Lipinski definition) is 1. The molecular formula is C15H21N3O2. The highest BCUT2D eigenvalue weighted by atomic mass is 16.5. The van der Waals surface area contributed by atoms with Crippen molar-refractivity contribution in [1.29, 1.82) is 0 Å². The molecule has 1 aromatic carbocycles. The summed E-state index contributed by atoms with van der Waals surface area (Å²) < 4.78 is 12.7. The molecule has 0 radical (unpaired) electrons. The maximum Gasteiger partial charge on any atom is 0.124 e. The molecular weight excluding hydrogens is 254 g/mol. The highest BCUT2D eigenvalue weighted by Gasteiger charge is 2.18. The van der Waals surface area contributed by atoms with E-state index in [2.05, 4.69) is 16.4 Å². The Kier molecular flexibility index (Phi) is 5.15. The number of rotatable bonds is 7. The van der Waals surface area contributed by atoms with Gasteiger partial charge in [0.15, 0.2) is 0 Å². The molecule has 0 bridgehead atoms. The Bertz CT molecular complexity index is 539. The minimum atomic E-state index is 0.00921. The van der Waals surface area contributed by atoms with Crippen molar-refractivity contribution in [3.63, 3.8) is 0 Å². The van der Waals surface area contributed by atoms with Gasteiger partial charge in [0.2, 0.25) is 0 Å². The van der Waals surface area contributed by atoms with Crippen molar-refractivity contribution in [3.05, 3.63) is 48.0 Å². The fraction of sp³-hybridized carbons (Fsp3) is 0.400. The van der Waals surface area contributed by atoms with Crippen molar-refractivity contribution >= 4 is 0 Å². The summed E-state index contributed by atoms with van der Waals surface area (Å²) in [7, 11) is 5.55. The topological polar surface area (TPSA) is 48.3 Å². The molecule has 5 heteroatoms. The van der Waals surface area contributed by atoms with Crippen molar-refractivity contribution in [2.75, 3.05) is 27.4 Å². The van der Waals surface area contributed by atoms with Crippen LogP contribution in [0.5, 0.6) is 5.75 Å². The zero-order chi connectivity index (χ0) is 14.4. The van der Waals surface area contributed by atoms with Gasteiger partial charge in [0.05, 0.1) is 24.7 Å². The Morgan fingerprint density at radius 2 is 2.10 bits per heavy atom. The molecule has 2 aromatic rings. The molecule has 0 saturated heterocycles. The summed E-state index contributed by atoms with van der Waals surface area (Å²) in [5.41, 5.74) is 2.04. The number of hydrogen-bond acceptors (Lipinski definition) is 4. The Hall–Kier alpha value is -1.85. The highest BCUT2D eigenvalue weighted by molar-refractivity contribution is 5.39. The van der Waals surface area contributed by atoms with Crippen LogP contribution in [-0.2, 0) is 11.8 Å². The number of methoxy groups -OCH3 is 1. The van der Waals surface area contributed by atoms with Gasteiger partial charge in [-0.2, -0.15) is 0 Å². The monoisotopic (exact) mass is 275 g/mol. The summed E-state index contributed by atoms with van der Waals surface area (Å²) in [5, 5.41) is 3.29. The molecule has 1 aromatic heterocycles. The predicted octanol–water partition coefficient (Wildman–Crippen LogP) is 1.75. The second-order valence-corrected chi connectivity index (χ2v) is 4.56. The van der Waals surface area contributed by atoms with Crippen molar-refractivity contribution in [3.8, 4) is 5.75 Å². The molecule has 1 atom stereocenters. The standard InChI is InChI=1S/C15H21N3O2/c1-16-15(13-10-18(2)11-17-13)12-6-4-5-7-14(12)20-9-8-19-3/h4-7,10-11,15-16H,8-9H2,1-3H3. The molecule has 1 unspecified atom stereocenters. The largest absolute Gasteiger partial charge is 0.491 e. The van der Waals surface area contributed by atoms with E-state index in [0.717, 1.165) is 17.0 Å². The van der Waals surface area contributed by atoms with Crippen molar-refractivity contribution < 1.29 is 9.47 Å². The zero-order valence-corrected chi connectivity index (χ0v) is 12.2. The van der Waals surface area contributed by atoms with E-state index in [0.29, 0.717) is 13.2 Å². The van der Waals surface area contributed by atoms with Gasteiger partial charge in [-0.05, 0) is 13.1 Å². The zero-order valence-electron chi connectivity index (χ0n) is 12.2. The molecule has 1 N–H and O–H groups in total. The molecule has 1 heterocycles. The number of ether oxygens (including phenoxy) is 2. The molecule has 0 saturated carbocycles. The summed E-state index contributed by atoms with van der Waals surface area (Å²) in [6.07, 6.45) is 3.81. The molecule has 0 fully saturated rings. The quantitative estimate of drug-likeness (QED) is 0.782. The van der Waals surface area contributed by atoms with E-state index in [1.807, 2.05) is 43.1 Å². The summed E-state index contributed by atoms with van der Waals surface area (Å²) in [5.74, 6) is 0.856. The fourth-order valence-corrected chi connectivity index (χ4v) is 2.13. The third kappa shape index (κ3) is 3.37. The first-order chi connectivity index (χ1) is 9.76. The van der Waals surface area contributed by atoms with Gasteiger partial charge in [-0.3, -0.25) is 0 Å². The van der Waals surface area contributed by atoms with Crippen LogP contribution in [0.25, 0.3) is 0 Å². The molecule has 0 aliphatic heterocycles. The molecule has 0 amide bonds. The molecule has 0 spiro atoms. The molecule has 0 aliphatic carbocycles. The van der Waals surface area contributed by atoms with Crippen molar-refractivity contribution in [1.82, 2.24) is 14.9 Å². The van der Waals surface area contributed by atoms with E-state index in [1.54, 1.807) is 13.4 Å². The van der Waals surface area contributed by atoms with Crippen LogP contribution in [0.4, 0.5) is 0 Å². The first kappa shape index (κ1) is 14.6. The molecule has 108 valence electrons. The Balaban J connectivity index is 2.25. The summed E-state index contributed by atoms with van der Waals surface area (Å²) in [4.78, 5) is 4.42. The Labute approximate surface area is 119 Å². The van der Waals surface area contributed by atoms with Crippen LogP contribution in [0.3, 0.4) is 0 Å². The number of imidazole rings is 1. The van der Waals surface area contributed by atoms with Crippen LogP contribution in [0, 0.1) is 0 Å². The van der Waals surface area contributed by atoms with Crippen molar-refractivity contribution in [2.24, 2.45) is 7.05 Å². The smallest absolute Gasteiger partial charge is 0.124 e. The van der Waals surface area contributed by atoms with E-state index in [4.69, 9.17) is 9.47 Å². The van der Waals surface area contributed by atoms with E-state index in [9.17, 15) is 0 Å². The number of aromatic nitrogens is 2. The lowest BCUT2D eigenvalue weighted by atomic mass is 10.0. The SMILES string of the molecule is CNC(c1cn(C)cn1)c1ccccc1OCCOC. The van der Waals surface area contributed by atoms with Crippen LogP contribution in [-0.4, -0.2) is 36.9 Å². The number of benzene rings is 1. The normalized spacial score (nSPS) is 12.3. The van der Waals surface area contributed by atoms with Crippen LogP contribution in [0.1, 0.15) is 17.3 Å². The van der Waals surface area contributed by atoms with Crippen LogP contribution >= 0.6 is 0 Å². The third-order valence-corrected chi connectivity index (χ3v) is 3.08. The van der Waals surface area contributed by atoms with Crippen LogP contribution < -0.4 is 10.1 Å². The second-order valence-electron chi connectivity index (χ2n) is 4.56. The maximum absolute atomic E-state index is 5.79. The molecule has 0 aliphatic rings. The first-order valence-electron chi connectivity index (χ1n) is 6.62. The lowest BCUT2D eigenvalue weighted by Gasteiger charge is -2.18. The fourth-order valence-electron chi connectivity index (χ4n) is 2.13. The first-order valence-corrected chi connectivity index (χ1v) is 6.62. The number of aryl methyl sites for hydroxylation is 1. The van der Waals surface area contributed by atoms with Gasteiger partial charge in [-0.1, -0.05) is 18.2 Å². The molecule has 5 nitrogen and oxygen atoms in total. The number of nitrogens with one attached hydrogen (secondary N) is 1. The van der Waals surface area contributed by atoms with E-state index < -0.39 is 0 Å². The van der Waals surface area contributed by atoms with Crippen molar-refractivity contribution in [2.45, 2.75) is 6.04 Å².